The van der Waals surface area contributed by atoms with Crippen molar-refractivity contribution in [3.05, 3.63) is 57.0 Å². The van der Waals surface area contributed by atoms with Crippen LogP contribution in [0.25, 0.3) is 0 Å². The molecule has 112 valence electrons. The highest BCUT2D eigenvalue weighted by Gasteiger charge is 2.10. The van der Waals surface area contributed by atoms with Gasteiger partial charge in [0.25, 0.3) is 0 Å². The summed E-state index contributed by atoms with van der Waals surface area (Å²) in [5.74, 6) is -1.43. The number of rotatable bonds is 6. The molecule has 0 aliphatic rings. The van der Waals surface area contributed by atoms with Gasteiger partial charge in [-0.2, -0.15) is 0 Å². The van der Waals surface area contributed by atoms with Crippen molar-refractivity contribution in [2.45, 2.75) is 32.9 Å². The number of carboxylic acids is 1. The van der Waals surface area contributed by atoms with Gasteiger partial charge < -0.3 is 10.4 Å². The molecule has 2 aromatic rings. The van der Waals surface area contributed by atoms with Crippen LogP contribution in [0.1, 0.15) is 32.6 Å². The molecular formula is C16H18FNO2S. The Bertz CT molecular complexity index is 639. The molecule has 21 heavy (non-hydrogen) atoms. The van der Waals surface area contributed by atoms with E-state index >= 15 is 0 Å². The van der Waals surface area contributed by atoms with Crippen LogP contribution in [-0.4, -0.2) is 17.1 Å². The summed E-state index contributed by atoms with van der Waals surface area (Å²) in [6, 6.07) is 8.24. The Morgan fingerprint density at radius 2 is 2.14 bits per heavy atom. The topological polar surface area (TPSA) is 49.3 Å². The maximum atomic E-state index is 13.7. The lowest BCUT2D eigenvalue weighted by Gasteiger charge is -2.13. The lowest BCUT2D eigenvalue weighted by Crippen LogP contribution is -2.27. The molecule has 0 aliphatic carbocycles. The lowest BCUT2D eigenvalue weighted by molar-refractivity contribution is 0.0696. The number of benzene rings is 1. The van der Waals surface area contributed by atoms with E-state index in [0.717, 1.165) is 6.42 Å². The van der Waals surface area contributed by atoms with Gasteiger partial charge in [-0.25, -0.2) is 9.18 Å². The summed E-state index contributed by atoms with van der Waals surface area (Å²) in [7, 11) is 0. The van der Waals surface area contributed by atoms with Gasteiger partial charge in [-0.3, -0.25) is 0 Å². The fourth-order valence-corrected chi connectivity index (χ4v) is 3.12. The number of aromatic carboxylic acids is 1. The number of thiophene rings is 1. The lowest BCUT2D eigenvalue weighted by atomic mass is 10.1. The molecular weight excluding hydrogens is 289 g/mol. The SMILES string of the molecule is Cc1ccc(CC(C)NCc2cc(C(=O)O)ccc2F)s1. The number of halogens is 1. The molecule has 1 aromatic heterocycles. The quantitative estimate of drug-likeness (QED) is 0.857. The molecule has 0 radical (unpaired) electrons. The Labute approximate surface area is 127 Å². The number of nitrogens with one attached hydrogen (secondary N) is 1. The van der Waals surface area contributed by atoms with E-state index < -0.39 is 5.97 Å². The van der Waals surface area contributed by atoms with Crippen LogP contribution in [0.3, 0.4) is 0 Å². The van der Waals surface area contributed by atoms with E-state index in [0.29, 0.717) is 12.1 Å². The van der Waals surface area contributed by atoms with E-state index in [-0.39, 0.29) is 17.4 Å². The van der Waals surface area contributed by atoms with Crippen LogP contribution in [0.15, 0.2) is 30.3 Å². The van der Waals surface area contributed by atoms with Gasteiger partial charge in [0.05, 0.1) is 5.56 Å². The first-order valence-corrected chi connectivity index (χ1v) is 7.58. The normalized spacial score (nSPS) is 12.3. The van der Waals surface area contributed by atoms with Crippen LogP contribution >= 0.6 is 11.3 Å². The molecule has 0 spiro atoms. The van der Waals surface area contributed by atoms with Crippen molar-refractivity contribution in [2.75, 3.05) is 0 Å². The molecule has 1 aromatic carbocycles. The standard InChI is InChI=1S/C16H18FNO2S/c1-10(7-14-5-3-11(2)21-14)18-9-13-8-12(16(19)20)4-6-15(13)17/h3-6,8,10,18H,7,9H2,1-2H3,(H,19,20). The minimum Gasteiger partial charge on any atom is -0.478 e. The summed E-state index contributed by atoms with van der Waals surface area (Å²) in [6.45, 7) is 4.42. The molecule has 2 N–H and O–H groups in total. The number of carbonyl (C=O) groups is 1. The van der Waals surface area contributed by atoms with E-state index in [1.165, 1.54) is 28.0 Å². The highest BCUT2D eigenvalue weighted by atomic mass is 32.1. The second kappa shape index (κ2) is 6.83. The van der Waals surface area contributed by atoms with E-state index in [4.69, 9.17) is 5.11 Å². The average Bonchev–Trinajstić information content (AvgIpc) is 2.82. The zero-order valence-electron chi connectivity index (χ0n) is 12.0. The molecule has 5 heteroatoms. The highest BCUT2D eigenvalue weighted by molar-refractivity contribution is 7.11. The Morgan fingerprint density at radius 3 is 2.76 bits per heavy atom. The Kier molecular flexibility index (Phi) is 5.09. The molecule has 0 amide bonds. The maximum absolute atomic E-state index is 13.7. The first-order valence-electron chi connectivity index (χ1n) is 6.76. The summed E-state index contributed by atoms with van der Waals surface area (Å²) in [5, 5.41) is 12.2. The fourth-order valence-electron chi connectivity index (χ4n) is 2.10. The first kappa shape index (κ1) is 15.7. The van der Waals surface area contributed by atoms with Crippen molar-refractivity contribution < 1.29 is 14.3 Å². The van der Waals surface area contributed by atoms with Crippen molar-refractivity contribution in [3.8, 4) is 0 Å². The van der Waals surface area contributed by atoms with Crippen LogP contribution in [-0.2, 0) is 13.0 Å². The van der Waals surface area contributed by atoms with Crippen LogP contribution in [0.5, 0.6) is 0 Å². The number of aryl methyl sites for hydroxylation is 1. The van der Waals surface area contributed by atoms with E-state index in [1.807, 2.05) is 6.92 Å². The number of hydrogen-bond donors (Lipinski definition) is 2. The second-order valence-corrected chi connectivity index (χ2v) is 6.48. The average molecular weight is 307 g/mol. The number of hydrogen-bond acceptors (Lipinski definition) is 3. The predicted molar refractivity (Wildman–Crippen MR) is 82.4 cm³/mol. The summed E-state index contributed by atoms with van der Waals surface area (Å²) in [5.41, 5.74) is 0.485. The summed E-state index contributed by atoms with van der Waals surface area (Å²) < 4.78 is 13.7. The van der Waals surface area contributed by atoms with Gasteiger partial charge in [0.15, 0.2) is 0 Å². The molecule has 0 saturated heterocycles. The van der Waals surface area contributed by atoms with Crippen LogP contribution in [0.4, 0.5) is 4.39 Å². The zero-order valence-corrected chi connectivity index (χ0v) is 12.8. The van der Waals surface area contributed by atoms with Crippen molar-refractivity contribution in [3.63, 3.8) is 0 Å². The molecule has 0 bridgehead atoms. The molecule has 1 atom stereocenters. The number of carboxylic acid groups (broad SMARTS) is 1. The van der Waals surface area contributed by atoms with Gasteiger partial charge in [0, 0.05) is 27.9 Å². The fraction of sp³-hybridized carbons (Fsp3) is 0.312. The van der Waals surface area contributed by atoms with Crippen LogP contribution in [0, 0.1) is 12.7 Å². The molecule has 3 nitrogen and oxygen atoms in total. The molecule has 0 saturated carbocycles. The predicted octanol–water partition coefficient (Wildman–Crippen LogP) is 3.61. The molecule has 1 heterocycles. The van der Waals surface area contributed by atoms with Gasteiger partial charge in [0.1, 0.15) is 5.82 Å². The summed E-state index contributed by atoms with van der Waals surface area (Å²) >= 11 is 1.76. The highest BCUT2D eigenvalue weighted by Crippen LogP contribution is 2.17. The smallest absolute Gasteiger partial charge is 0.335 e. The third kappa shape index (κ3) is 4.37. The Balaban J connectivity index is 1.95. The van der Waals surface area contributed by atoms with Gasteiger partial charge in [-0.15, -0.1) is 11.3 Å². The van der Waals surface area contributed by atoms with Gasteiger partial charge >= 0.3 is 5.97 Å². The minimum atomic E-state index is -1.04. The van der Waals surface area contributed by atoms with Crippen LogP contribution in [0.2, 0.25) is 0 Å². The Hall–Kier alpha value is -1.72. The third-order valence-electron chi connectivity index (χ3n) is 3.24. The van der Waals surface area contributed by atoms with E-state index in [2.05, 4.69) is 24.4 Å². The molecule has 2 rings (SSSR count). The molecule has 0 fully saturated rings. The van der Waals surface area contributed by atoms with Gasteiger partial charge in [-0.1, -0.05) is 0 Å². The molecule has 1 unspecified atom stereocenters. The largest absolute Gasteiger partial charge is 0.478 e. The summed E-state index contributed by atoms with van der Waals surface area (Å²) in [4.78, 5) is 13.5. The summed E-state index contributed by atoms with van der Waals surface area (Å²) in [6.07, 6.45) is 0.874. The maximum Gasteiger partial charge on any atom is 0.335 e. The molecule has 0 aliphatic heterocycles. The van der Waals surface area contributed by atoms with Gasteiger partial charge in [-0.05, 0) is 50.6 Å². The van der Waals surface area contributed by atoms with E-state index in [9.17, 15) is 9.18 Å². The van der Waals surface area contributed by atoms with Crippen molar-refractivity contribution >= 4 is 17.3 Å². The zero-order chi connectivity index (χ0) is 15.4. The van der Waals surface area contributed by atoms with E-state index in [1.54, 1.807) is 11.3 Å². The minimum absolute atomic E-state index is 0.106. The second-order valence-electron chi connectivity index (χ2n) is 5.11. The first-order chi connectivity index (χ1) is 9.95. The van der Waals surface area contributed by atoms with Gasteiger partial charge in [0.2, 0.25) is 0 Å². The van der Waals surface area contributed by atoms with Crippen molar-refractivity contribution in [2.24, 2.45) is 0 Å². The van der Waals surface area contributed by atoms with Crippen LogP contribution < -0.4 is 5.32 Å². The monoisotopic (exact) mass is 307 g/mol. The Morgan fingerprint density at radius 1 is 1.38 bits per heavy atom. The third-order valence-corrected chi connectivity index (χ3v) is 4.26. The van der Waals surface area contributed by atoms with Crippen molar-refractivity contribution in [1.29, 1.82) is 0 Å². The van der Waals surface area contributed by atoms with Crippen molar-refractivity contribution in [1.82, 2.24) is 5.32 Å².